The van der Waals surface area contributed by atoms with Crippen molar-refractivity contribution in [3.8, 4) is 11.5 Å². The zero-order chi connectivity index (χ0) is 15.6. The summed E-state index contributed by atoms with van der Waals surface area (Å²) in [5.74, 6) is 2.59. The van der Waals surface area contributed by atoms with Crippen LogP contribution in [0.15, 0.2) is 18.3 Å². The Morgan fingerprint density at radius 2 is 1.81 bits per heavy atom. The Hall–Kier alpha value is -1.32. The fourth-order valence-corrected chi connectivity index (χ4v) is 2.27. The largest absolute Gasteiger partial charge is 0.454 e. The lowest BCUT2D eigenvalue weighted by Gasteiger charge is -2.13. The summed E-state index contributed by atoms with van der Waals surface area (Å²) in [5, 5.41) is 0.756. The van der Waals surface area contributed by atoms with Gasteiger partial charge in [0.2, 0.25) is 0 Å². The van der Waals surface area contributed by atoms with Crippen molar-refractivity contribution in [3.63, 3.8) is 0 Å². The second-order valence-electron chi connectivity index (χ2n) is 5.30. The number of alkyl halides is 1. The summed E-state index contributed by atoms with van der Waals surface area (Å²) in [6.45, 7) is 7.98. The maximum Gasteiger partial charge on any atom is 0.168 e. The van der Waals surface area contributed by atoms with Crippen LogP contribution in [-0.4, -0.2) is 9.97 Å². The van der Waals surface area contributed by atoms with Gasteiger partial charge in [0.1, 0.15) is 17.3 Å². The third-order valence-corrected chi connectivity index (χ3v) is 3.98. The number of aryl methyl sites for hydroxylation is 2. The van der Waals surface area contributed by atoms with E-state index in [1.165, 1.54) is 0 Å². The lowest BCUT2D eigenvalue weighted by Crippen LogP contribution is -2.02. The first-order valence-corrected chi connectivity index (χ1v) is 7.70. The Bertz CT molecular complexity index is 634. The molecule has 0 amide bonds. The number of halogens is 2. The molecule has 0 spiro atoms. The fourth-order valence-electron chi connectivity index (χ4n) is 1.97. The van der Waals surface area contributed by atoms with Gasteiger partial charge in [0.05, 0.1) is 12.1 Å². The predicted octanol–water partition coefficient (Wildman–Crippen LogP) is 5.40. The van der Waals surface area contributed by atoms with E-state index >= 15 is 0 Å². The number of benzene rings is 1. The van der Waals surface area contributed by atoms with Crippen molar-refractivity contribution in [2.75, 3.05) is 0 Å². The molecule has 5 heteroatoms. The summed E-state index contributed by atoms with van der Waals surface area (Å²) in [4.78, 5) is 8.78. The van der Waals surface area contributed by atoms with Gasteiger partial charge in [-0.1, -0.05) is 25.4 Å². The van der Waals surface area contributed by atoms with Gasteiger partial charge in [0, 0.05) is 10.9 Å². The van der Waals surface area contributed by atoms with Gasteiger partial charge in [-0.15, -0.1) is 11.6 Å². The van der Waals surface area contributed by atoms with Crippen LogP contribution in [0.25, 0.3) is 0 Å². The van der Waals surface area contributed by atoms with Crippen LogP contribution in [0.2, 0.25) is 5.02 Å². The first kappa shape index (κ1) is 16.1. The van der Waals surface area contributed by atoms with Crippen molar-refractivity contribution >= 4 is 23.2 Å². The molecule has 1 aromatic heterocycles. The quantitative estimate of drug-likeness (QED) is 0.706. The highest BCUT2D eigenvalue weighted by molar-refractivity contribution is 6.32. The van der Waals surface area contributed by atoms with Crippen molar-refractivity contribution in [2.24, 2.45) is 0 Å². The zero-order valence-electron chi connectivity index (χ0n) is 12.6. The lowest BCUT2D eigenvalue weighted by atomic mass is 10.1. The molecule has 0 aliphatic rings. The molecule has 0 fully saturated rings. The van der Waals surface area contributed by atoms with Gasteiger partial charge in [0.25, 0.3) is 0 Å². The number of hydrogen-bond donors (Lipinski definition) is 0. The molecule has 0 N–H and O–H groups in total. The third kappa shape index (κ3) is 3.66. The molecule has 3 nitrogen and oxygen atoms in total. The molecule has 0 bridgehead atoms. The van der Waals surface area contributed by atoms with Crippen molar-refractivity contribution in [1.82, 2.24) is 9.97 Å². The smallest absolute Gasteiger partial charge is 0.168 e. The molecular weight excluding hydrogens is 307 g/mol. The summed E-state index contributed by atoms with van der Waals surface area (Å²) in [6.07, 6.45) is 1.68. The molecule has 0 atom stereocenters. The number of nitrogens with zero attached hydrogens (tertiary/aromatic N) is 2. The summed E-state index contributed by atoms with van der Waals surface area (Å²) >= 11 is 12.1. The van der Waals surface area contributed by atoms with Gasteiger partial charge < -0.3 is 4.74 Å². The minimum Gasteiger partial charge on any atom is -0.454 e. The minimum absolute atomic E-state index is 0.251. The normalized spacial score (nSPS) is 11.0. The molecule has 1 aromatic carbocycles. The van der Waals surface area contributed by atoms with E-state index in [1.54, 1.807) is 6.20 Å². The zero-order valence-corrected chi connectivity index (χ0v) is 14.1. The van der Waals surface area contributed by atoms with E-state index in [4.69, 9.17) is 27.9 Å². The molecule has 2 aromatic rings. The molecule has 0 aliphatic carbocycles. The predicted molar refractivity (Wildman–Crippen MR) is 86.7 cm³/mol. The highest BCUT2D eigenvalue weighted by Gasteiger charge is 2.12. The Balaban J connectivity index is 2.35. The van der Waals surface area contributed by atoms with Crippen LogP contribution in [0.1, 0.15) is 42.4 Å². The molecule has 0 saturated heterocycles. The standard InChI is InChI=1S/C16H18Cl2N2O/c1-9(2)16-19-8-14(13(7-17)20-16)21-12-5-10(3)15(18)11(4)6-12/h5-6,8-9H,7H2,1-4H3. The molecule has 1 heterocycles. The highest BCUT2D eigenvalue weighted by Crippen LogP contribution is 2.30. The Kier molecular flexibility index (Phi) is 5.07. The molecular formula is C16H18Cl2N2O. The lowest BCUT2D eigenvalue weighted by molar-refractivity contribution is 0.469. The molecule has 0 unspecified atom stereocenters. The van der Waals surface area contributed by atoms with E-state index < -0.39 is 0 Å². The van der Waals surface area contributed by atoms with Gasteiger partial charge in [-0.25, -0.2) is 9.97 Å². The van der Waals surface area contributed by atoms with Crippen LogP contribution < -0.4 is 4.74 Å². The van der Waals surface area contributed by atoms with Crippen molar-refractivity contribution in [1.29, 1.82) is 0 Å². The van der Waals surface area contributed by atoms with E-state index in [9.17, 15) is 0 Å². The van der Waals surface area contributed by atoms with E-state index in [0.29, 0.717) is 17.2 Å². The molecule has 0 radical (unpaired) electrons. The Morgan fingerprint density at radius 3 is 2.33 bits per heavy atom. The van der Waals surface area contributed by atoms with Crippen LogP contribution in [0.3, 0.4) is 0 Å². The average molecular weight is 325 g/mol. The first-order chi connectivity index (χ1) is 9.92. The summed E-state index contributed by atoms with van der Waals surface area (Å²) < 4.78 is 5.88. The molecule has 0 aliphatic heterocycles. The van der Waals surface area contributed by atoms with Crippen LogP contribution in [0.5, 0.6) is 11.5 Å². The van der Waals surface area contributed by atoms with Crippen molar-refractivity contribution in [3.05, 3.63) is 46.0 Å². The Morgan fingerprint density at radius 1 is 1.19 bits per heavy atom. The van der Waals surface area contributed by atoms with Crippen LogP contribution in [0.4, 0.5) is 0 Å². The topological polar surface area (TPSA) is 35.0 Å². The fraction of sp³-hybridized carbons (Fsp3) is 0.375. The average Bonchev–Trinajstić information content (AvgIpc) is 2.44. The van der Waals surface area contributed by atoms with E-state index in [2.05, 4.69) is 9.97 Å². The maximum atomic E-state index is 6.17. The van der Waals surface area contributed by atoms with Crippen molar-refractivity contribution < 1.29 is 4.74 Å². The molecule has 0 saturated carbocycles. The molecule has 112 valence electrons. The van der Waals surface area contributed by atoms with Gasteiger partial charge in [-0.05, 0) is 37.1 Å². The summed E-state index contributed by atoms with van der Waals surface area (Å²) in [5.41, 5.74) is 2.64. The van der Waals surface area contributed by atoms with Gasteiger partial charge in [-0.2, -0.15) is 0 Å². The first-order valence-electron chi connectivity index (χ1n) is 6.78. The molecule has 21 heavy (non-hydrogen) atoms. The Labute approximate surface area is 135 Å². The number of ether oxygens (including phenoxy) is 1. The minimum atomic E-state index is 0.251. The second kappa shape index (κ2) is 6.63. The number of hydrogen-bond acceptors (Lipinski definition) is 3. The monoisotopic (exact) mass is 324 g/mol. The van der Waals surface area contributed by atoms with Crippen LogP contribution >= 0.6 is 23.2 Å². The highest BCUT2D eigenvalue weighted by atomic mass is 35.5. The number of rotatable bonds is 4. The second-order valence-corrected chi connectivity index (χ2v) is 5.95. The van der Waals surface area contributed by atoms with E-state index in [1.807, 2.05) is 39.8 Å². The van der Waals surface area contributed by atoms with Crippen LogP contribution in [0, 0.1) is 13.8 Å². The third-order valence-electron chi connectivity index (χ3n) is 3.13. The van der Waals surface area contributed by atoms with E-state index in [0.717, 1.165) is 22.0 Å². The summed E-state index contributed by atoms with van der Waals surface area (Å²) in [6, 6.07) is 3.79. The van der Waals surface area contributed by atoms with E-state index in [-0.39, 0.29) is 11.8 Å². The SMILES string of the molecule is Cc1cc(Oc2cnc(C(C)C)nc2CCl)cc(C)c1Cl. The van der Waals surface area contributed by atoms with Crippen LogP contribution in [-0.2, 0) is 5.88 Å². The van der Waals surface area contributed by atoms with Gasteiger partial charge in [0.15, 0.2) is 5.75 Å². The van der Waals surface area contributed by atoms with Gasteiger partial charge >= 0.3 is 0 Å². The van der Waals surface area contributed by atoms with Gasteiger partial charge in [-0.3, -0.25) is 0 Å². The maximum absolute atomic E-state index is 6.17. The number of aromatic nitrogens is 2. The summed E-state index contributed by atoms with van der Waals surface area (Å²) in [7, 11) is 0. The van der Waals surface area contributed by atoms with Crippen molar-refractivity contribution in [2.45, 2.75) is 39.5 Å². The molecule has 2 rings (SSSR count).